The van der Waals surface area contributed by atoms with E-state index in [0.717, 1.165) is 30.5 Å². The molecule has 0 radical (unpaired) electrons. The maximum Gasteiger partial charge on any atom is 0.224 e. The van der Waals surface area contributed by atoms with Crippen LogP contribution in [0.1, 0.15) is 19.5 Å². The molecule has 1 saturated heterocycles. The molecule has 0 amide bonds. The largest absolute Gasteiger partial charge is 0.354 e. The summed E-state index contributed by atoms with van der Waals surface area (Å²) >= 11 is 2.02. The molecule has 2 heterocycles. The zero-order valence-corrected chi connectivity index (χ0v) is 11.5. The number of hydrogen-bond acceptors (Lipinski definition) is 5. The van der Waals surface area contributed by atoms with Gasteiger partial charge >= 0.3 is 0 Å². The van der Waals surface area contributed by atoms with Crippen LogP contribution in [0.5, 0.6) is 0 Å². The van der Waals surface area contributed by atoms with Gasteiger partial charge in [-0.15, -0.1) is 0 Å². The molecule has 17 heavy (non-hydrogen) atoms. The van der Waals surface area contributed by atoms with Crippen molar-refractivity contribution in [2.75, 3.05) is 34.8 Å². The Labute approximate surface area is 107 Å². The van der Waals surface area contributed by atoms with E-state index in [-0.39, 0.29) is 0 Å². The van der Waals surface area contributed by atoms with Gasteiger partial charge in [-0.3, -0.25) is 0 Å². The molecule has 1 aromatic heterocycles. The minimum absolute atomic E-state index is 0.553. The van der Waals surface area contributed by atoms with E-state index < -0.39 is 0 Å². The Kier molecular flexibility index (Phi) is 4.10. The quantitative estimate of drug-likeness (QED) is 0.893. The molecule has 1 aromatic rings. The van der Waals surface area contributed by atoms with Crippen molar-refractivity contribution in [3.63, 3.8) is 0 Å². The first-order chi connectivity index (χ1) is 8.20. The molecule has 1 fully saturated rings. The Hall–Kier alpha value is -0.970. The van der Waals surface area contributed by atoms with Crippen LogP contribution in [0, 0.1) is 6.92 Å². The van der Waals surface area contributed by atoms with Crippen LogP contribution in [-0.2, 0) is 0 Å². The lowest BCUT2D eigenvalue weighted by molar-refractivity contribution is 0.688. The molecule has 1 atom stereocenters. The van der Waals surface area contributed by atoms with E-state index in [0.29, 0.717) is 6.04 Å². The zero-order valence-electron chi connectivity index (χ0n) is 10.7. The standard InChI is InChI=1S/C12H20N4S/c1-4-13-12-14-9(2)7-11(15-12)16-5-6-17-8-10(16)3/h7,10H,4-6,8H2,1-3H3,(H,13,14,15). The molecule has 0 spiro atoms. The van der Waals surface area contributed by atoms with E-state index in [1.807, 2.05) is 18.7 Å². The van der Waals surface area contributed by atoms with E-state index in [1.165, 1.54) is 11.5 Å². The minimum atomic E-state index is 0.553. The Morgan fingerprint density at radius 3 is 3.06 bits per heavy atom. The fourth-order valence-electron chi connectivity index (χ4n) is 2.00. The molecule has 0 aliphatic carbocycles. The molecular formula is C12H20N4S. The fourth-order valence-corrected chi connectivity index (χ4v) is 3.02. The van der Waals surface area contributed by atoms with Crippen LogP contribution in [0.4, 0.5) is 11.8 Å². The number of aromatic nitrogens is 2. The van der Waals surface area contributed by atoms with Gasteiger partial charge in [0.2, 0.25) is 5.95 Å². The first kappa shape index (κ1) is 12.5. The predicted molar refractivity (Wildman–Crippen MR) is 75.1 cm³/mol. The highest BCUT2D eigenvalue weighted by atomic mass is 32.2. The lowest BCUT2D eigenvalue weighted by Gasteiger charge is -2.34. The normalized spacial score (nSPS) is 20.4. The number of nitrogens with one attached hydrogen (secondary N) is 1. The van der Waals surface area contributed by atoms with Crippen molar-refractivity contribution >= 4 is 23.5 Å². The molecule has 1 aliphatic rings. The van der Waals surface area contributed by atoms with Gasteiger partial charge in [-0.2, -0.15) is 16.7 Å². The van der Waals surface area contributed by atoms with Gasteiger partial charge in [-0.05, 0) is 20.8 Å². The van der Waals surface area contributed by atoms with E-state index >= 15 is 0 Å². The topological polar surface area (TPSA) is 41.1 Å². The van der Waals surface area contributed by atoms with Crippen LogP contribution in [0.3, 0.4) is 0 Å². The van der Waals surface area contributed by atoms with Gasteiger partial charge in [-0.1, -0.05) is 0 Å². The van der Waals surface area contributed by atoms with Crippen molar-refractivity contribution in [3.05, 3.63) is 11.8 Å². The highest BCUT2D eigenvalue weighted by Crippen LogP contribution is 2.23. The maximum atomic E-state index is 4.59. The van der Waals surface area contributed by atoms with Gasteiger partial charge in [0, 0.05) is 42.4 Å². The van der Waals surface area contributed by atoms with Crippen molar-refractivity contribution in [2.24, 2.45) is 0 Å². The van der Waals surface area contributed by atoms with Crippen LogP contribution < -0.4 is 10.2 Å². The number of anilines is 2. The van der Waals surface area contributed by atoms with E-state index in [2.05, 4.69) is 40.1 Å². The monoisotopic (exact) mass is 252 g/mol. The van der Waals surface area contributed by atoms with E-state index in [4.69, 9.17) is 0 Å². The Balaban J connectivity index is 2.24. The van der Waals surface area contributed by atoms with Crippen molar-refractivity contribution in [1.29, 1.82) is 0 Å². The van der Waals surface area contributed by atoms with Crippen molar-refractivity contribution < 1.29 is 0 Å². The highest BCUT2D eigenvalue weighted by molar-refractivity contribution is 7.99. The smallest absolute Gasteiger partial charge is 0.224 e. The average Bonchev–Trinajstić information content (AvgIpc) is 2.29. The number of aryl methyl sites for hydroxylation is 1. The molecule has 5 heteroatoms. The third-order valence-electron chi connectivity index (χ3n) is 2.84. The molecular weight excluding hydrogens is 232 g/mol. The third-order valence-corrected chi connectivity index (χ3v) is 4.03. The summed E-state index contributed by atoms with van der Waals surface area (Å²) in [4.78, 5) is 11.4. The summed E-state index contributed by atoms with van der Waals surface area (Å²) < 4.78 is 0. The van der Waals surface area contributed by atoms with Crippen LogP contribution in [0.15, 0.2) is 6.07 Å². The minimum Gasteiger partial charge on any atom is -0.354 e. The SMILES string of the molecule is CCNc1nc(C)cc(N2CCSCC2C)n1. The van der Waals surface area contributed by atoms with Gasteiger partial charge in [0.05, 0.1) is 0 Å². The Morgan fingerprint density at radius 1 is 1.53 bits per heavy atom. The van der Waals surface area contributed by atoms with Crippen molar-refractivity contribution in [1.82, 2.24) is 9.97 Å². The zero-order chi connectivity index (χ0) is 12.3. The molecule has 0 saturated carbocycles. The first-order valence-corrected chi connectivity index (χ1v) is 7.30. The van der Waals surface area contributed by atoms with Gasteiger partial charge in [0.1, 0.15) is 5.82 Å². The van der Waals surface area contributed by atoms with E-state index in [9.17, 15) is 0 Å². The fraction of sp³-hybridized carbons (Fsp3) is 0.667. The second-order valence-electron chi connectivity index (χ2n) is 4.34. The van der Waals surface area contributed by atoms with Gasteiger partial charge < -0.3 is 10.2 Å². The maximum absolute atomic E-state index is 4.59. The molecule has 0 aromatic carbocycles. The second-order valence-corrected chi connectivity index (χ2v) is 5.49. The van der Waals surface area contributed by atoms with Crippen LogP contribution in [0.2, 0.25) is 0 Å². The van der Waals surface area contributed by atoms with Crippen molar-refractivity contribution in [2.45, 2.75) is 26.8 Å². The second kappa shape index (κ2) is 5.58. The Bertz CT molecular complexity index is 383. The highest BCUT2D eigenvalue weighted by Gasteiger charge is 2.20. The summed E-state index contributed by atoms with van der Waals surface area (Å²) in [6, 6.07) is 2.63. The summed E-state index contributed by atoms with van der Waals surface area (Å²) in [7, 11) is 0. The third kappa shape index (κ3) is 3.03. The molecule has 1 unspecified atom stereocenters. The molecule has 2 rings (SSSR count). The van der Waals surface area contributed by atoms with Crippen molar-refractivity contribution in [3.8, 4) is 0 Å². The Morgan fingerprint density at radius 2 is 2.35 bits per heavy atom. The molecule has 1 aliphatic heterocycles. The molecule has 1 N–H and O–H groups in total. The molecule has 0 bridgehead atoms. The summed E-state index contributed by atoms with van der Waals surface area (Å²) in [6.07, 6.45) is 0. The summed E-state index contributed by atoms with van der Waals surface area (Å²) in [5.41, 5.74) is 1.02. The predicted octanol–water partition coefficient (Wildman–Crippen LogP) is 2.16. The number of rotatable bonds is 3. The number of thioether (sulfide) groups is 1. The van der Waals surface area contributed by atoms with Gasteiger partial charge in [0.25, 0.3) is 0 Å². The van der Waals surface area contributed by atoms with Crippen LogP contribution in [-0.4, -0.2) is 40.6 Å². The summed E-state index contributed by atoms with van der Waals surface area (Å²) in [6.45, 7) is 8.28. The summed E-state index contributed by atoms with van der Waals surface area (Å²) in [5.74, 6) is 4.16. The van der Waals surface area contributed by atoms with Gasteiger partial charge in [-0.25, -0.2) is 4.98 Å². The summed E-state index contributed by atoms with van der Waals surface area (Å²) in [5, 5.41) is 3.19. The lowest BCUT2D eigenvalue weighted by atomic mass is 10.3. The average molecular weight is 252 g/mol. The number of nitrogens with zero attached hydrogens (tertiary/aromatic N) is 3. The van der Waals surface area contributed by atoms with E-state index in [1.54, 1.807) is 0 Å². The molecule has 4 nitrogen and oxygen atoms in total. The van der Waals surface area contributed by atoms with Gasteiger partial charge in [0.15, 0.2) is 0 Å². The number of hydrogen-bond donors (Lipinski definition) is 1. The first-order valence-electron chi connectivity index (χ1n) is 6.14. The lowest BCUT2D eigenvalue weighted by Crippen LogP contribution is -2.41. The van der Waals surface area contributed by atoms with Crippen LogP contribution in [0.25, 0.3) is 0 Å². The van der Waals surface area contributed by atoms with Crippen LogP contribution >= 0.6 is 11.8 Å². The molecule has 94 valence electrons.